The van der Waals surface area contributed by atoms with Gasteiger partial charge in [-0.15, -0.1) is 0 Å². The lowest BCUT2D eigenvalue weighted by molar-refractivity contribution is -0.110. The van der Waals surface area contributed by atoms with Crippen LogP contribution in [-0.2, 0) is 4.79 Å². The van der Waals surface area contributed by atoms with Crippen molar-refractivity contribution in [3.8, 4) is 22.3 Å². The first kappa shape index (κ1) is 19.4. The Morgan fingerprint density at radius 3 is 1.13 bits per heavy atom. The predicted molar refractivity (Wildman–Crippen MR) is 127 cm³/mol. The van der Waals surface area contributed by atoms with Crippen LogP contribution in [0.15, 0.2) is 121 Å². The molecule has 144 valence electrons. The summed E-state index contributed by atoms with van der Waals surface area (Å²) >= 11 is 0. The Balaban J connectivity index is 1.37. The van der Waals surface area contributed by atoms with Gasteiger partial charge in [0.15, 0.2) is 5.78 Å². The molecule has 0 fully saturated rings. The van der Waals surface area contributed by atoms with Crippen LogP contribution < -0.4 is 0 Å². The Labute approximate surface area is 177 Å². The third kappa shape index (κ3) is 5.09. The fraction of sp³-hybridized carbons (Fsp3) is 0. The number of carbonyl (C=O) groups is 1. The minimum absolute atomic E-state index is 0.0331. The van der Waals surface area contributed by atoms with E-state index in [1.807, 2.05) is 72.8 Å². The smallest absolute Gasteiger partial charge is 0.178 e. The Hall–Kier alpha value is -3.97. The number of allylic oxidation sites excluding steroid dienone is 2. The van der Waals surface area contributed by atoms with E-state index in [-0.39, 0.29) is 5.78 Å². The summed E-state index contributed by atoms with van der Waals surface area (Å²) in [6, 6.07) is 36.9. The first-order chi connectivity index (χ1) is 14.8. The highest BCUT2D eigenvalue weighted by atomic mass is 16.1. The lowest BCUT2D eigenvalue weighted by atomic mass is 10.0. The van der Waals surface area contributed by atoms with Crippen molar-refractivity contribution in [1.29, 1.82) is 0 Å². The quantitative estimate of drug-likeness (QED) is 0.317. The van der Waals surface area contributed by atoms with E-state index in [4.69, 9.17) is 0 Å². The Morgan fingerprint density at radius 2 is 0.767 bits per heavy atom. The number of carbonyl (C=O) groups excluding carboxylic acids is 1. The summed E-state index contributed by atoms with van der Waals surface area (Å²) < 4.78 is 0. The van der Waals surface area contributed by atoms with E-state index in [9.17, 15) is 4.79 Å². The van der Waals surface area contributed by atoms with Crippen molar-refractivity contribution in [2.75, 3.05) is 0 Å². The molecule has 0 aliphatic rings. The van der Waals surface area contributed by atoms with Gasteiger partial charge in [0.2, 0.25) is 0 Å². The maximum Gasteiger partial charge on any atom is 0.178 e. The number of hydrogen-bond acceptors (Lipinski definition) is 1. The minimum atomic E-state index is -0.0331. The number of benzene rings is 4. The molecule has 0 saturated heterocycles. The summed E-state index contributed by atoms with van der Waals surface area (Å²) in [6.07, 6.45) is 6.90. The van der Waals surface area contributed by atoms with Crippen molar-refractivity contribution in [3.63, 3.8) is 0 Å². The second-order valence-corrected chi connectivity index (χ2v) is 7.05. The third-order valence-electron chi connectivity index (χ3n) is 4.92. The van der Waals surface area contributed by atoms with Gasteiger partial charge in [-0.05, 0) is 45.5 Å². The molecule has 0 bridgehead atoms. The van der Waals surface area contributed by atoms with E-state index < -0.39 is 0 Å². The zero-order valence-electron chi connectivity index (χ0n) is 16.6. The lowest BCUT2D eigenvalue weighted by Gasteiger charge is -2.02. The van der Waals surface area contributed by atoms with Crippen LogP contribution in [0.3, 0.4) is 0 Å². The summed E-state index contributed by atoms with van der Waals surface area (Å²) in [4.78, 5) is 12.2. The van der Waals surface area contributed by atoms with Gasteiger partial charge in [0, 0.05) is 0 Å². The summed E-state index contributed by atoms with van der Waals surface area (Å²) in [5, 5.41) is 0. The first-order valence-corrected chi connectivity index (χ1v) is 9.99. The average Bonchev–Trinajstić information content (AvgIpc) is 2.83. The fourth-order valence-electron chi connectivity index (χ4n) is 3.25. The molecule has 0 aromatic heterocycles. The molecule has 1 nitrogen and oxygen atoms in total. The number of hydrogen-bond donors (Lipinski definition) is 0. The average molecular weight is 386 g/mol. The second-order valence-electron chi connectivity index (χ2n) is 7.05. The highest BCUT2D eigenvalue weighted by molar-refractivity contribution is 6.04. The predicted octanol–water partition coefficient (Wildman–Crippen LogP) is 7.32. The van der Waals surface area contributed by atoms with Crippen LogP contribution in [0, 0.1) is 0 Å². The monoisotopic (exact) mass is 386 g/mol. The summed E-state index contributed by atoms with van der Waals surface area (Å²) in [6.45, 7) is 0. The van der Waals surface area contributed by atoms with Crippen molar-refractivity contribution in [2.24, 2.45) is 0 Å². The van der Waals surface area contributed by atoms with E-state index in [2.05, 4.69) is 48.5 Å². The second kappa shape index (κ2) is 9.49. The summed E-state index contributed by atoms with van der Waals surface area (Å²) in [7, 11) is 0. The largest absolute Gasteiger partial charge is 0.290 e. The van der Waals surface area contributed by atoms with Crippen LogP contribution in [0.25, 0.3) is 34.4 Å². The highest BCUT2D eigenvalue weighted by Crippen LogP contribution is 2.20. The lowest BCUT2D eigenvalue weighted by Crippen LogP contribution is -1.85. The molecule has 1 heteroatoms. The molecule has 0 atom stereocenters. The van der Waals surface area contributed by atoms with Crippen molar-refractivity contribution in [3.05, 3.63) is 132 Å². The van der Waals surface area contributed by atoms with Crippen LogP contribution in [0.4, 0.5) is 0 Å². The molecule has 0 aliphatic carbocycles. The molecular formula is C29H22O. The van der Waals surface area contributed by atoms with E-state index in [1.54, 1.807) is 12.2 Å². The van der Waals surface area contributed by atoms with Gasteiger partial charge in [0.1, 0.15) is 0 Å². The van der Waals surface area contributed by atoms with Crippen LogP contribution in [0.5, 0.6) is 0 Å². The number of ketones is 1. The fourth-order valence-corrected chi connectivity index (χ4v) is 3.25. The van der Waals surface area contributed by atoms with Crippen molar-refractivity contribution in [2.45, 2.75) is 0 Å². The Morgan fingerprint density at radius 1 is 0.433 bits per heavy atom. The van der Waals surface area contributed by atoms with Crippen molar-refractivity contribution < 1.29 is 4.79 Å². The molecule has 4 aromatic carbocycles. The van der Waals surface area contributed by atoms with Gasteiger partial charge in [-0.2, -0.15) is 0 Å². The standard InChI is InChI=1S/C29H22O/c30-29(21-15-23-11-17-27(18-12-23)25-7-3-1-4-8-25)22-16-24-13-19-28(20-14-24)26-9-5-2-6-10-26/h1-22H/b21-15+,22-16+. The van der Waals surface area contributed by atoms with Gasteiger partial charge in [0.25, 0.3) is 0 Å². The minimum Gasteiger partial charge on any atom is -0.290 e. The van der Waals surface area contributed by atoms with Crippen molar-refractivity contribution in [1.82, 2.24) is 0 Å². The maximum absolute atomic E-state index is 12.2. The zero-order chi connectivity index (χ0) is 20.6. The molecule has 0 saturated carbocycles. The molecule has 0 heterocycles. The van der Waals surface area contributed by atoms with Crippen molar-refractivity contribution >= 4 is 17.9 Å². The van der Waals surface area contributed by atoms with E-state index >= 15 is 0 Å². The maximum atomic E-state index is 12.2. The van der Waals surface area contributed by atoms with Gasteiger partial charge < -0.3 is 0 Å². The molecule has 0 radical (unpaired) electrons. The highest BCUT2D eigenvalue weighted by Gasteiger charge is 1.98. The Kier molecular flexibility index (Phi) is 6.12. The molecular weight excluding hydrogens is 364 g/mol. The summed E-state index contributed by atoms with van der Waals surface area (Å²) in [5.74, 6) is -0.0331. The van der Waals surface area contributed by atoms with Crippen LogP contribution in [0.1, 0.15) is 11.1 Å². The normalized spacial score (nSPS) is 11.2. The van der Waals surface area contributed by atoms with Gasteiger partial charge in [0.05, 0.1) is 0 Å². The SMILES string of the molecule is O=C(/C=C/c1ccc(-c2ccccc2)cc1)/C=C/c1ccc(-c2ccccc2)cc1. The van der Waals surface area contributed by atoms with Gasteiger partial charge in [-0.25, -0.2) is 0 Å². The van der Waals surface area contributed by atoms with Crippen LogP contribution in [0.2, 0.25) is 0 Å². The zero-order valence-corrected chi connectivity index (χ0v) is 16.6. The van der Waals surface area contributed by atoms with Gasteiger partial charge in [-0.3, -0.25) is 4.79 Å². The van der Waals surface area contributed by atoms with Crippen LogP contribution >= 0.6 is 0 Å². The molecule has 4 rings (SSSR count). The molecule has 0 N–H and O–H groups in total. The van der Waals surface area contributed by atoms with Gasteiger partial charge in [-0.1, -0.05) is 121 Å². The van der Waals surface area contributed by atoms with Gasteiger partial charge >= 0.3 is 0 Å². The Bertz CT molecular complexity index is 1060. The third-order valence-corrected chi connectivity index (χ3v) is 4.92. The molecule has 4 aromatic rings. The molecule has 0 amide bonds. The van der Waals surface area contributed by atoms with E-state index in [0.29, 0.717) is 0 Å². The number of rotatable bonds is 6. The van der Waals surface area contributed by atoms with E-state index in [1.165, 1.54) is 11.1 Å². The molecule has 30 heavy (non-hydrogen) atoms. The molecule has 0 aliphatic heterocycles. The summed E-state index contributed by atoms with van der Waals surface area (Å²) in [5.41, 5.74) is 6.71. The first-order valence-electron chi connectivity index (χ1n) is 9.99. The van der Waals surface area contributed by atoms with Crippen LogP contribution in [-0.4, -0.2) is 5.78 Å². The molecule has 0 unspecified atom stereocenters. The van der Waals surface area contributed by atoms with E-state index in [0.717, 1.165) is 22.3 Å². The molecule has 0 spiro atoms. The topological polar surface area (TPSA) is 17.1 Å².